The Hall–Kier alpha value is -1.81. The van der Waals surface area contributed by atoms with Crippen molar-refractivity contribution in [2.45, 2.75) is 50.6 Å². The number of hydrogen-bond donors (Lipinski definition) is 2. The fourth-order valence-corrected chi connectivity index (χ4v) is 4.93. The van der Waals surface area contributed by atoms with Crippen LogP contribution >= 0.6 is 0 Å². The van der Waals surface area contributed by atoms with Crippen LogP contribution in [0.3, 0.4) is 0 Å². The number of alkyl halides is 3. The molecule has 0 aliphatic heterocycles. The molecule has 2 rings (SSSR count). The van der Waals surface area contributed by atoms with Crippen LogP contribution in [0.25, 0.3) is 0 Å². The largest absolute Gasteiger partial charge is 0.506 e. The van der Waals surface area contributed by atoms with Gasteiger partial charge in [0.05, 0.1) is 16.5 Å². The van der Waals surface area contributed by atoms with E-state index in [1.165, 1.54) is 10.4 Å². The summed E-state index contributed by atoms with van der Waals surface area (Å²) in [6.07, 6.45) is -4.07. The minimum Gasteiger partial charge on any atom is -0.506 e. The molecule has 0 spiro atoms. The summed E-state index contributed by atoms with van der Waals surface area (Å²) in [6, 6.07) is 3.50. The molecule has 0 heterocycles. The Balaban J connectivity index is 2.21. The van der Waals surface area contributed by atoms with E-state index in [9.17, 15) is 31.5 Å². The molecule has 6 nitrogen and oxygen atoms in total. The summed E-state index contributed by atoms with van der Waals surface area (Å²) in [4.78, 5) is 12.3. The molecule has 0 radical (unpaired) electrons. The normalized spacial score (nSPS) is 20.9. The number of carbonyl (C=O) groups excluding carboxylic acids is 1. The van der Waals surface area contributed by atoms with E-state index in [2.05, 4.69) is 5.32 Å². The Morgan fingerprint density at radius 2 is 1.89 bits per heavy atom. The highest BCUT2D eigenvalue weighted by molar-refractivity contribution is 7.89. The fourth-order valence-electron chi connectivity index (χ4n) is 3.45. The summed E-state index contributed by atoms with van der Waals surface area (Å²) in [7, 11) is -3.81. The molecular formula is C18H25F3N2O4S. The zero-order chi connectivity index (χ0) is 21.1. The van der Waals surface area contributed by atoms with Gasteiger partial charge in [0.15, 0.2) is 0 Å². The van der Waals surface area contributed by atoms with Gasteiger partial charge in [-0.15, -0.1) is 0 Å². The number of benzene rings is 1. The van der Waals surface area contributed by atoms with Gasteiger partial charge in [-0.3, -0.25) is 4.79 Å². The quantitative estimate of drug-likeness (QED) is 0.684. The number of aromatic hydroxyl groups is 1. The van der Waals surface area contributed by atoms with E-state index in [0.717, 1.165) is 12.1 Å². The third-order valence-corrected chi connectivity index (χ3v) is 7.12. The maximum absolute atomic E-state index is 13.0. The summed E-state index contributed by atoms with van der Waals surface area (Å²) in [5.74, 6) is -3.38. The second-order valence-electron chi connectivity index (χ2n) is 6.86. The number of nitrogens with one attached hydrogen (secondary N) is 1. The van der Waals surface area contributed by atoms with Gasteiger partial charge in [0.2, 0.25) is 15.9 Å². The molecule has 1 fully saturated rings. The van der Waals surface area contributed by atoms with Crippen LogP contribution in [0.1, 0.15) is 39.5 Å². The number of anilines is 1. The van der Waals surface area contributed by atoms with Crippen LogP contribution in [0.2, 0.25) is 0 Å². The number of carbonyl (C=O) groups is 1. The number of halogens is 3. The Bertz CT molecular complexity index is 808. The molecule has 2 N–H and O–H groups in total. The van der Waals surface area contributed by atoms with E-state index in [0.29, 0.717) is 6.42 Å². The first-order valence-corrected chi connectivity index (χ1v) is 10.6. The lowest BCUT2D eigenvalue weighted by Gasteiger charge is -2.29. The van der Waals surface area contributed by atoms with Crippen molar-refractivity contribution >= 4 is 21.6 Å². The third-order valence-electron chi connectivity index (χ3n) is 5.08. The Morgan fingerprint density at radius 1 is 1.25 bits per heavy atom. The predicted octanol–water partition coefficient (Wildman–Crippen LogP) is 3.73. The number of phenolic OH excluding ortho intramolecular Hbond substituents is 1. The number of phenols is 1. The van der Waals surface area contributed by atoms with Gasteiger partial charge >= 0.3 is 6.18 Å². The monoisotopic (exact) mass is 422 g/mol. The molecule has 0 saturated heterocycles. The number of nitrogens with zero attached hydrogens (tertiary/aromatic N) is 1. The van der Waals surface area contributed by atoms with Gasteiger partial charge in [0, 0.05) is 19.0 Å². The summed E-state index contributed by atoms with van der Waals surface area (Å²) < 4.78 is 65.3. The van der Waals surface area contributed by atoms with Crippen LogP contribution in [0, 0.1) is 11.8 Å². The van der Waals surface area contributed by atoms with Crippen LogP contribution in [0.15, 0.2) is 23.1 Å². The maximum atomic E-state index is 13.0. The van der Waals surface area contributed by atoms with Crippen LogP contribution in [-0.2, 0) is 14.8 Å². The highest BCUT2D eigenvalue weighted by Crippen LogP contribution is 2.40. The molecule has 0 unspecified atom stereocenters. The van der Waals surface area contributed by atoms with Gasteiger partial charge in [0.1, 0.15) is 5.75 Å². The lowest BCUT2D eigenvalue weighted by atomic mass is 9.80. The molecule has 10 heteroatoms. The van der Waals surface area contributed by atoms with Crippen molar-refractivity contribution in [1.29, 1.82) is 0 Å². The van der Waals surface area contributed by atoms with E-state index >= 15 is 0 Å². The molecule has 2 atom stereocenters. The molecule has 1 amide bonds. The summed E-state index contributed by atoms with van der Waals surface area (Å²) >= 11 is 0. The second-order valence-corrected chi connectivity index (χ2v) is 8.80. The maximum Gasteiger partial charge on any atom is 0.391 e. The van der Waals surface area contributed by atoms with E-state index in [4.69, 9.17) is 0 Å². The number of amides is 1. The fraction of sp³-hybridized carbons (Fsp3) is 0.611. The molecule has 1 aromatic rings. The van der Waals surface area contributed by atoms with Crippen molar-refractivity contribution in [3.05, 3.63) is 18.2 Å². The highest BCUT2D eigenvalue weighted by atomic mass is 32.2. The molecule has 1 aromatic carbocycles. The van der Waals surface area contributed by atoms with Crippen molar-refractivity contribution in [3.8, 4) is 5.75 Å². The van der Waals surface area contributed by atoms with Crippen molar-refractivity contribution in [2.75, 3.05) is 18.4 Å². The molecule has 0 aromatic heterocycles. The minimum atomic E-state index is -4.35. The second kappa shape index (κ2) is 8.69. The number of rotatable bonds is 6. The van der Waals surface area contributed by atoms with E-state index in [1.54, 1.807) is 13.8 Å². The standard InChI is InChI=1S/C18H25F3N2O4S/c1-3-23(4-2)28(26,27)14-8-9-16(24)15(11-14)22-17(25)12-6-5-7-13(10-12)18(19,20)21/h8-9,11-13,24H,3-7,10H2,1-2H3,(H,22,25)/t12-,13-/m1/s1. The Kier molecular flexibility index (Phi) is 6.97. The lowest BCUT2D eigenvalue weighted by Crippen LogP contribution is -2.34. The van der Waals surface area contributed by atoms with Crippen LogP contribution in [0.5, 0.6) is 5.75 Å². The summed E-state index contributed by atoms with van der Waals surface area (Å²) in [5.41, 5.74) is -0.132. The predicted molar refractivity (Wildman–Crippen MR) is 98.3 cm³/mol. The molecule has 1 aliphatic carbocycles. The Labute approximate surface area is 162 Å². The molecule has 158 valence electrons. The molecule has 1 saturated carbocycles. The van der Waals surface area contributed by atoms with Crippen LogP contribution in [0.4, 0.5) is 18.9 Å². The summed E-state index contributed by atoms with van der Waals surface area (Å²) in [5, 5.41) is 12.4. The number of sulfonamides is 1. The van der Waals surface area contributed by atoms with Crippen molar-refractivity contribution in [3.63, 3.8) is 0 Å². The zero-order valence-electron chi connectivity index (χ0n) is 15.8. The minimum absolute atomic E-state index is 0.00384. The highest BCUT2D eigenvalue weighted by Gasteiger charge is 2.43. The van der Waals surface area contributed by atoms with Crippen molar-refractivity contribution in [2.24, 2.45) is 11.8 Å². The van der Waals surface area contributed by atoms with Crippen LogP contribution in [-0.4, -0.2) is 43.0 Å². The van der Waals surface area contributed by atoms with Gasteiger partial charge in [-0.1, -0.05) is 20.3 Å². The SMILES string of the molecule is CCN(CC)S(=O)(=O)c1ccc(O)c(NC(=O)[C@@H]2CCC[C@@H](C(F)(F)F)C2)c1. The first-order valence-electron chi connectivity index (χ1n) is 9.21. The zero-order valence-corrected chi connectivity index (χ0v) is 16.6. The topological polar surface area (TPSA) is 86.7 Å². The molecular weight excluding hydrogens is 397 g/mol. The Morgan fingerprint density at radius 3 is 2.46 bits per heavy atom. The molecule has 28 heavy (non-hydrogen) atoms. The summed E-state index contributed by atoms with van der Waals surface area (Å²) in [6.45, 7) is 3.87. The number of hydrogen-bond acceptors (Lipinski definition) is 4. The average molecular weight is 422 g/mol. The van der Waals surface area contributed by atoms with Gasteiger partial charge in [-0.2, -0.15) is 17.5 Å². The lowest BCUT2D eigenvalue weighted by molar-refractivity contribution is -0.185. The third kappa shape index (κ3) is 4.96. The van der Waals surface area contributed by atoms with Gasteiger partial charge in [-0.05, 0) is 37.5 Å². The van der Waals surface area contributed by atoms with E-state index in [1.807, 2.05) is 0 Å². The smallest absolute Gasteiger partial charge is 0.391 e. The van der Waals surface area contributed by atoms with Gasteiger partial charge in [0.25, 0.3) is 0 Å². The molecule has 1 aliphatic rings. The first-order chi connectivity index (χ1) is 13.0. The molecule has 0 bridgehead atoms. The van der Waals surface area contributed by atoms with Crippen LogP contribution < -0.4 is 5.32 Å². The van der Waals surface area contributed by atoms with E-state index in [-0.39, 0.29) is 48.7 Å². The van der Waals surface area contributed by atoms with Gasteiger partial charge in [-0.25, -0.2) is 8.42 Å². The van der Waals surface area contributed by atoms with Crippen molar-refractivity contribution < 1.29 is 31.5 Å². The van der Waals surface area contributed by atoms with Crippen molar-refractivity contribution in [1.82, 2.24) is 4.31 Å². The van der Waals surface area contributed by atoms with Gasteiger partial charge < -0.3 is 10.4 Å². The first kappa shape index (κ1) is 22.5. The van der Waals surface area contributed by atoms with E-state index < -0.39 is 33.9 Å². The average Bonchev–Trinajstić information content (AvgIpc) is 2.63.